The Labute approximate surface area is 187 Å². The number of rotatable bonds is 6. The van der Waals surface area contributed by atoms with Crippen molar-refractivity contribution in [2.45, 2.75) is 69.7 Å². The van der Waals surface area contributed by atoms with Crippen molar-refractivity contribution in [1.29, 1.82) is 0 Å². The first-order chi connectivity index (χ1) is 15.1. The smallest absolute Gasteiger partial charge is 0.408 e. The lowest BCUT2D eigenvalue weighted by Gasteiger charge is -2.31. The topological polar surface area (TPSA) is 114 Å². The Morgan fingerprint density at radius 3 is 2.53 bits per heavy atom. The van der Waals surface area contributed by atoms with Crippen molar-refractivity contribution in [1.82, 2.24) is 15.5 Å². The summed E-state index contributed by atoms with van der Waals surface area (Å²) in [6.07, 6.45) is 0.805. The van der Waals surface area contributed by atoms with Gasteiger partial charge in [0.25, 0.3) is 0 Å². The minimum Gasteiger partial charge on any atom is -0.467 e. The molecule has 3 atom stereocenters. The van der Waals surface area contributed by atoms with E-state index in [1.165, 1.54) is 12.0 Å². The van der Waals surface area contributed by atoms with E-state index in [-0.39, 0.29) is 18.7 Å². The van der Waals surface area contributed by atoms with E-state index in [0.717, 1.165) is 5.56 Å². The molecule has 0 saturated carbocycles. The SMILES string of the molecule is COC(=O)C(Cc1ccccc1)NC(=O)[C@]12CCCN1C(=O)[C@H](NC(=O)OC(C)(C)C)C2. The van der Waals surface area contributed by atoms with Crippen molar-refractivity contribution < 1.29 is 28.7 Å². The van der Waals surface area contributed by atoms with Crippen molar-refractivity contribution in [2.75, 3.05) is 13.7 Å². The van der Waals surface area contributed by atoms with Gasteiger partial charge in [-0.15, -0.1) is 0 Å². The van der Waals surface area contributed by atoms with Crippen LogP contribution in [0.1, 0.15) is 45.6 Å². The fourth-order valence-electron chi connectivity index (χ4n) is 4.39. The van der Waals surface area contributed by atoms with E-state index in [2.05, 4.69) is 10.6 Å². The summed E-state index contributed by atoms with van der Waals surface area (Å²) in [5, 5.41) is 5.40. The molecule has 2 N–H and O–H groups in total. The number of fused-ring (bicyclic) bond motifs is 1. The molecule has 3 rings (SSSR count). The van der Waals surface area contributed by atoms with Crippen molar-refractivity contribution >= 4 is 23.9 Å². The summed E-state index contributed by atoms with van der Waals surface area (Å²) < 4.78 is 10.1. The number of hydrogen-bond donors (Lipinski definition) is 2. The molecule has 2 aliphatic rings. The number of ether oxygens (including phenoxy) is 2. The van der Waals surface area contributed by atoms with Gasteiger partial charge in [0.1, 0.15) is 23.2 Å². The molecule has 2 saturated heterocycles. The Morgan fingerprint density at radius 1 is 1.22 bits per heavy atom. The Bertz CT molecular complexity index is 881. The number of methoxy groups -OCH3 is 1. The molecule has 0 spiro atoms. The van der Waals surface area contributed by atoms with Gasteiger partial charge < -0.3 is 25.0 Å². The van der Waals surface area contributed by atoms with Crippen LogP contribution >= 0.6 is 0 Å². The zero-order valence-electron chi connectivity index (χ0n) is 19.0. The molecular weight excluding hydrogens is 414 g/mol. The van der Waals surface area contributed by atoms with Gasteiger partial charge in [0.15, 0.2) is 0 Å². The number of nitrogens with zero attached hydrogens (tertiary/aromatic N) is 1. The molecule has 1 unspecified atom stereocenters. The van der Waals surface area contributed by atoms with E-state index in [9.17, 15) is 19.2 Å². The monoisotopic (exact) mass is 445 g/mol. The van der Waals surface area contributed by atoms with E-state index in [0.29, 0.717) is 19.4 Å². The molecule has 0 aliphatic carbocycles. The van der Waals surface area contributed by atoms with Crippen LogP contribution in [0.15, 0.2) is 30.3 Å². The molecular formula is C23H31N3O6. The summed E-state index contributed by atoms with van der Waals surface area (Å²) in [5.74, 6) is -1.29. The largest absolute Gasteiger partial charge is 0.467 e. The maximum atomic E-state index is 13.4. The molecule has 1 aromatic rings. The van der Waals surface area contributed by atoms with Crippen LogP contribution in [0, 0.1) is 0 Å². The molecule has 0 radical (unpaired) electrons. The van der Waals surface area contributed by atoms with Gasteiger partial charge in [-0.25, -0.2) is 9.59 Å². The van der Waals surface area contributed by atoms with E-state index in [1.807, 2.05) is 30.3 Å². The average Bonchev–Trinajstić information content (AvgIpc) is 3.25. The van der Waals surface area contributed by atoms with Gasteiger partial charge in [0, 0.05) is 19.4 Å². The number of esters is 1. The second-order valence-electron chi connectivity index (χ2n) is 9.27. The minimum absolute atomic E-state index is 0.121. The van der Waals surface area contributed by atoms with Crippen LogP contribution in [0.5, 0.6) is 0 Å². The molecule has 174 valence electrons. The highest BCUT2D eigenvalue weighted by atomic mass is 16.6. The predicted octanol–water partition coefficient (Wildman–Crippen LogP) is 1.55. The van der Waals surface area contributed by atoms with Gasteiger partial charge in [-0.2, -0.15) is 0 Å². The Hall–Kier alpha value is -3.10. The summed E-state index contributed by atoms with van der Waals surface area (Å²) in [6, 6.07) is 7.55. The maximum absolute atomic E-state index is 13.4. The summed E-state index contributed by atoms with van der Waals surface area (Å²) in [5.41, 5.74) is -0.946. The molecule has 32 heavy (non-hydrogen) atoms. The number of alkyl carbamates (subject to hydrolysis) is 1. The summed E-state index contributed by atoms with van der Waals surface area (Å²) >= 11 is 0. The van der Waals surface area contributed by atoms with Crippen molar-refractivity contribution in [3.63, 3.8) is 0 Å². The number of carbonyl (C=O) groups is 4. The number of hydrogen-bond acceptors (Lipinski definition) is 6. The van der Waals surface area contributed by atoms with Gasteiger partial charge in [0.05, 0.1) is 7.11 Å². The molecule has 1 aromatic carbocycles. The lowest BCUT2D eigenvalue weighted by Crippen LogP contribution is -2.57. The van der Waals surface area contributed by atoms with Crippen LogP contribution in [0.3, 0.4) is 0 Å². The van der Waals surface area contributed by atoms with Crippen molar-refractivity contribution in [2.24, 2.45) is 0 Å². The summed E-state index contributed by atoms with van der Waals surface area (Å²) in [4.78, 5) is 52.5. The Morgan fingerprint density at radius 2 is 1.91 bits per heavy atom. The first kappa shape index (κ1) is 23.6. The molecule has 3 amide bonds. The zero-order chi connectivity index (χ0) is 23.5. The second-order valence-corrected chi connectivity index (χ2v) is 9.27. The van der Waals surface area contributed by atoms with Gasteiger partial charge in [-0.05, 0) is 39.2 Å². The van der Waals surface area contributed by atoms with Crippen LogP contribution in [0.4, 0.5) is 4.79 Å². The van der Waals surface area contributed by atoms with E-state index in [1.54, 1.807) is 20.8 Å². The van der Waals surface area contributed by atoms with Crippen LogP contribution < -0.4 is 10.6 Å². The molecule has 2 heterocycles. The first-order valence-electron chi connectivity index (χ1n) is 10.8. The van der Waals surface area contributed by atoms with Crippen LogP contribution in [-0.4, -0.2) is 65.7 Å². The number of carbonyl (C=O) groups excluding carboxylic acids is 4. The third-order valence-electron chi connectivity index (χ3n) is 5.78. The third-order valence-corrected chi connectivity index (χ3v) is 5.78. The normalized spacial score (nSPS) is 23.3. The maximum Gasteiger partial charge on any atom is 0.408 e. The predicted molar refractivity (Wildman–Crippen MR) is 116 cm³/mol. The van der Waals surface area contributed by atoms with E-state index < -0.39 is 41.2 Å². The highest BCUT2D eigenvalue weighted by Crippen LogP contribution is 2.40. The average molecular weight is 446 g/mol. The van der Waals surface area contributed by atoms with Gasteiger partial charge in [-0.1, -0.05) is 30.3 Å². The standard InChI is InChI=1S/C23H31N3O6/c1-22(2,3)32-21(30)25-17-14-23(11-8-12-26(23)18(17)27)20(29)24-16(19(28)31-4)13-15-9-6-5-7-10-15/h5-7,9-10,16-17H,8,11-14H2,1-4H3,(H,24,29)(H,25,30)/t16?,17-,23-/m1/s1. The molecule has 0 bridgehead atoms. The van der Waals surface area contributed by atoms with E-state index >= 15 is 0 Å². The van der Waals surface area contributed by atoms with Crippen molar-refractivity contribution in [3.8, 4) is 0 Å². The molecule has 2 fully saturated rings. The first-order valence-corrected chi connectivity index (χ1v) is 10.8. The fourth-order valence-corrected chi connectivity index (χ4v) is 4.39. The minimum atomic E-state index is -1.11. The molecule has 0 aromatic heterocycles. The molecule has 2 aliphatic heterocycles. The van der Waals surface area contributed by atoms with Crippen LogP contribution in [0.2, 0.25) is 0 Å². The molecule has 9 nitrogen and oxygen atoms in total. The Balaban J connectivity index is 1.75. The second kappa shape index (κ2) is 9.18. The lowest BCUT2D eigenvalue weighted by molar-refractivity contribution is -0.147. The van der Waals surface area contributed by atoms with Gasteiger partial charge in [0.2, 0.25) is 11.8 Å². The fraction of sp³-hybridized carbons (Fsp3) is 0.565. The van der Waals surface area contributed by atoms with Gasteiger partial charge in [-0.3, -0.25) is 9.59 Å². The van der Waals surface area contributed by atoms with Crippen LogP contribution in [0.25, 0.3) is 0 Å². The quantitative estimate of drug-likeness (QED) is 0.642. The van der Waals surface area contributed by atoms with Crippen LogP contribution in [-0.2, 0) is 30.3 Å². The Kier molecular flexibility index (Phi) is 6.76. The third kappa shape index (κ3) is 5.03. The van der Waals surface area contributed by atoms with E-state index in [4.69, 9.17) is 9.47 Å². The summed E-state index contributed by atoms with van der Waals surface area (Å²) in [7, 11) is 1.27. The summed E-state index contributed by atoms with van der Waals surface area (Å²) in [6.45, 7) is 5.61. The highest BCUT2D eigenvalue weighted by Gasteiger charge is 2.58. The number of benzene rings is 1. The number of amides is 3. The number of nitrogens with one attached hydrogen (secondary N) is 2. The lowest BCUT2D eigenvalue weighted by atomic mass is 9.90. The van der Waals surface area contributed by atoms with Gasteiger partial charge >= 0.3 is 12.1 Å². The zero-order valence-corrected chi connectivity index (χ0v) is 19.0. The molecule has 9 heteroatoms. The highest BCUT2D eigenvalue weighted by molar-refractivity contribution is 6.00. The van der Waals surface area contributed by atoms with Crippen molar-refractivity contribution in [3.05, 3.63) is 35.9 Å².